The largest absolute Gasteiger partial charge is 0.545 e. The molecule has 27 heavy (non-hydrogen) atoms. The van der Waals surface area contributed by atoms with E-state index in [1.165, 1.54) is 22.9 Å². The number of thiophene rings is 1. The monoisotopic (exact) mass is 377 g/mol. The molecule has 5 rings (SSSR count). The van der Waals surface area contributed by atoms with Crippen molar-refractivity contribution in [2.45, 2.75) is 39.0 Å². The molecule has 7 heteroatoms. The fraction of sp³-hybridized carbons (Fsp3) is 0.300. The van der Waals surface area contributed by atoms with Crippen LogP contribution in [0, 0.1) is 6.92 Å². The first-order valence-electron chi connectivity index (χ1n) is 9.04. The quantitative estimate of drug-likeness (QED) is 0.536. The van der Waals surface area contributed by atoms with Crippen LogP contribution in [-0.2, 0) is 6.42 Å². The maximum absolute atomic E-state index is 11.5. The number of carbonyl (C=O) groups excluding carboxylic acids is 1. The summed E-state index contributed by atoms with van der Waals surface area (Å²) in [5.41, 5.74) is 2.65. The molecule has 4 aromatic rings. The Bertz CT molecular complexity index is 1220. The van der Waals surface area contributed by atoms with Crippen LogP contribution in [0.3, 0.4) is 0 Å². The highest BCUT2D eigenvalue weighted by Crippen LogP contribution is 2.43. The van der Waals surface area contributed by atoms with Gasteiger partial charge in [0.15, 0.2) is 11.5 Å². The Labute approximate surface area is 159 Å². The van der Waals surface area contributed by atoms with Gasteiger partial charge in [0.2, 0.25) is 0 Å². The number of hydrogen-bond acceptors (Lipinski definition) is 6. The molecule has 0 bridgehead atoms. The third-order valence-corrected chi connectivity index (χ3v) is 6.48. The highest BCUT2D eigenvalue weighted by Gasteiger charge is 2.26. The smallest absolute Gasteiger partial charge is 0.182 e. The maximum Gasteiger partial charge on any atom is 0.182 e. The van der Waals surface area contributed by atoms with Crippen molar-refractivity contribution in [3.05, 3.63) is 46.1 Å². The number of carbonyl (C=O) groups is 1. The van der Waals surface area contributed by atoms with Crippen LogP contribution in [0.4, 0.5) is 0 Å². The summed E-state index contributed by atoms with van der Waals surface area (Å²) in [5.74, 6) is 0.362. The van der Waals surface area contributed by atoms with E-state index in [0.29, 0.717) is 17.3 Å². The second-order valence-corrected chi connectivity index (χ2v) is 8.16. The standard InChI is InChI=1S/C20H18N4O2S/c1-10-6-5-9-14-15(10)16-18-22-17(12-7-3-4-8-13(12)20(25)26)23-24(18)11(2)21-19(16)27-14/h3-4,7-8,10H,5-6,9H2,1-2H3,(H,25,26)/p-1/t10-/m1/s1. The molecule has 0 saturated heterocycles. The van der Waals surface area contributed by atoms with Crippen LogP contribution in [0.5, 0.6) is 0 Å². The Hall–Kier alpha value is -2.80. The molecule has 0 amide bonds. The minimum absolute atomic E-state index is 0.0935. The summed E-state index contributed by atoms with van der Waals surface area (Å²) >= 11 is 1.75. The molecule has 1 aromatic carbocycles. The third-order valence-electron chi connectivity index (χ3n) is 5.33. The van der Waals surface area contributed by atoms with Gasteiger partial charge in [0, 0.05) is 16.0 Å². The molecule has 0 aliphatic heterocycles. The molecule has 1 atom stereocenters. The van der Waals surface area contributed by atoms with Gasteiger partial charge in [-0.3, -0.25) is 0 Å². The van der Waals surface area contributed by atoms with E-state index in [1.54, 1.807) is 34.1 Å². The van der Waals surface area contributed by atoms with Gasteiger partial charge in [-0.25, -0.2) is 9.97 Å². The summed E-state index contributed by atoms with van der Waals surface area (Å²) in [6.45, 7) is 4.15. The number of hydrogen-bond donors (Lipinski definition) is 0. The second kappa shape index (κ2) is 5.85. The number of rotatable bonds is 2. The third kappa shape index (κ3) is 2.38. The van der Waals surface area contributed by atoms with Crippen molar-refractivity contribution in [1.82, 2.24) is 19.6 Å². The Morgan fingerprint density at radius 1 is 1.30 bits per heavy atom. The number of carboxylic acids is 1. The number of aryl methyl sites for hydroxylation is 2. The van der Waals surface area contributed by atoms with Crippen LogP contribution < -0.4 is 5.11 Å². The average molecular weight is 377 g/mol. The van der Waals surface area contributed by atoms with Crippen LogP contribution in [0.1, 0.15) is 52.3 Å². The molecule has 0 fully saturated rings. The van der Waals surface area contributed by atoms with Gasteiger partial charge in [-0.1, -0.05) is 31.2 Å². The molecular formula is C20H17N4O2S-. The molecule has 0 spiro atoms. The number of fused-ring (bicyclic) bond motifs is 5. The second-order valence-electron chi connectivity index (χ2n) is 7.08. The average Bonchev–Trinajstić information content (AvgIpc) is 3.24. The molecule has 0 N–H and O–H groups in total. The molecule has 1 aliphatic rings. The Balaban J connectivity index is 1.84. The summed E-state index contributed by atoms with van der Waals surface area (Å²) in [7, 11) is 0. The Morgan fingerprint density at radius 2 is 2.11 bits per heavy atom. The lowest BCUT2D eigenvalue weighted by atomic mass is 9.87. The fourth-order valence-electron chi connectivity index (χ4n) is 4.06. The van der Waals surface area contributed by atoms with Crippen LogP contribution in [0.25, 0.3) is 27.3 Å². The minimum Gasteiger partial charge on any atom is -0.545 e. The van der Waals surface area contributed by atoms with E-state index in [0.717, 1.165) is 34.5 Å². The lowest BCUT2D eigenvalue weighted by Gasteiger charge is -2.18. The van der Waals surface area contributed by atoms with Gasteiger partial charge >= 0.3 is 0 Å². The predicted molar refractivity (Wildman–Crippen MR) is 102 cm³/mol. The predicted octanol–water partition coefficient (Wildman–Crippen LogP) is 3.12. The Kier molecular flexibility index (Phi) is 3.55. The zero-order valence-electron chi connectivity index (χ0n) is 15.0. The maximum atomic E-state index is 11.5. The molecule has 3 aromatic heterocycles. The number of aromatic carboxylic acids is 1. The van der Waals surface area contributed by atoms with Crippen LogP contribution in [0.15, 0.2) is 24.3 Å². The number of carboxylic acid groups (broad SMARTS) is 1. The van der Waals surface area contributed by atoms with Crippen molar-refractivity contribution in [2.75, 3.05) is 0 Å². The molecule has 3 heterocycles. The van der Waals surface area contributed by atoms with Crippen molar-refractivity contribution in [3.8, 4) is 11.4 Å². The van der Waals surface area contributed by atoms with E-state index >= 15 is 0 Å². The van der Waals surface area contributed by atoms with E-state index in [4.69, 9.17) is 9.97 Å². The first-order chi connectivity index (χ1) is 13.0. The van der Waals surface area contributed by atoms with Gasteiger partial charge in [-0.15, -0.1) is 16.4 Å². The van der Waals surface area contributed by atoms with Crippen LogP contribution in [0.2, 0.25) is 0 Å². The molecule has 1 aliphatic carbocycles. The summed E-state index contributed by atoms with van der Waals surface area (Å²) in [6.07, 6.45) is 3.45. The SMILES string of the molecule is Cc1nc2sc3c(c2c2nc(-c4ccccc4C(=O)[O-])nn12)[C@H](C)CCC3. The van der Waals surface area contributed by atoms with Crippen LogP contribution >= 0.6 is 11.3 Å². The normalized spacial score (nSPS) is 16.7. The van der Waals surface area contributed by atoms with Crippen LogP contribution in [-0.4, -0.2) is 25.6 Å². The highest BCUT2D eigenvalue weighted by molar-refractivity contribution is 7.19. The molecule has 6 nitrogen and oxygen atoms in total. The van der Waals surface area contributed by atoms with E-state index in [1.807, 2.05) is 6.92 Å². The van der Waals surface area contributed by atoms with Crippen molar-refractivity contribution in [2.24, 2.45) is 0 Å². The highest BCUT2D eigenvalue weighted by atomic mass is 32.1. The summed E-state index contributed by atoms with van der Waals surface area (Å²) < 4.78 is 1.73. The van der Waals surface area contributed by atoms with Crippen molar-refractivity contribution >= 4 is 33.2 Å². The van der Waals surface area contributed by atoms with Gasteiger partial charge in [-0.2, -0.15) is 4.52 Å². The summed E-state index contributed by atoms with van der Waals surface area (Å²) in [5, 5.41) is 17.2. The van der Waals surface area contributed by atoms with Gasteiger partial charge in [-0.05, 0) is 37.7 Å². The number of benzene rings is 1. The Morgan fingerprint density at radius 3 is 2.93 bits per heavy atom. The topological polar surface area (TPSA) is 83.2 Å². The fourth-order valence-corrected chi connectivity index (χ4v) is 5.43. The zero-order valence-corrected chi connectivity index (χ0v) is 15.8. The van der Waals surface area contributed by atoms with Gasteiger partial charge in [0.1, 0.15) is 10.7 Å². The lowest BCUT2D eigenvalue weighted by molar-refractivity contribution is -0.254. The minimum atomic E-state index is -1.23. The summed E-state index contributed by atoms with van der Waals surface area (Å²) in [4.78, 5) is 23.4. The number of nitrogens with zero attached hydrogens (tertiary/aromatic N) is 4. The lowest BCUT2D eigenvalue weighted by Crippen LogP contribution is -2.23. The van der Waals surface area contributed by atoms with E-state index in [-0.39, 0.29) is 5.56 Å². The van der Waals surface area contributed by atoms with E-state index in [9.17, 15) is 9.90 Å². The summed E-state index contributed by atoms with van der Waals surface area (Å²) in [6, 6.07) is 6.69. The first-order valence-corrected chi connectivity index (χ1v) is 9.85. The van der Waals surface area contributed by atoms with Gasteiger partial charge in [0.05, 0.1) is 11.4 Å². The molecular weight excluding hydrogens is 360 g/mol. The van der Waals surface area contributed by atoms with E-state index < -0.39 is 5.97 Å². The molecule has 0 saturated carbocycles. The van der Waals surface area contributed by atoms with Crippen molar-refractivity contribution in [1.29, 1.82) is 0 Å². The van der Waals surface area contributed by atoms with Crippen molar-refractivity contribution < 1.29 is 9.90 Å². The molecule has 0 radical (unpaired) electrons. The molecule has 0 unspecified atom stereocenters. The van der Waals surface area contributed by atoms with Crippen molar-refractivity contribution in [3.63, 3.8) is 0 Å². The van der Waals surface area contributed by atoms with Gasteiger partial charge < -0.3 is 9.90 Å². The number of aromatic nitrogens is 4. The molecule has 136 valence electrons. The van der Waals surface area contributed by atoms with E-state index in [2.05, 4.69) is 12.0 Å². The zero-order chi connectivity index (χ0) is 18.7. The first kappa shape index (κ1) is 16.4. The van der Waals surface area contributed by atoms with Gasteiger partial charge in [0.25, 0.3) is 0 Å².